The Bertz CT molecular complexity index is 888. The Balaban J connectivity index is 2.42. The van der Waals surface area contributed by atoms with Gasteiger partial charge >= 0.3 is 0 Å². The van der Waals surface area contributed by atoms with Gasteiger partial charge in [0.2, 0.25) is 0 Å². The molecule has 1 aromatic heterocycles. The standard InChI is InChI=1S/C27H39N3/c1-17(2)21-12-10-13-22(18(3)4)26(21)29-20(6)24-14-11-15-25(30-24)23(28)16-19(5)27(7,8)9/h10-15,17-19,28H,16H2,1-9H3/t19-/m1/s1. The average molecular weight is 406 g/mol. The Morgan fingerprint density at radius 1 is 0.900 bits per heavy atom. The molecule has 0 bridgehead atoms. The summed E-state index contributed by atoms with van der Waals surface area (Å²) in [4.78, 5) is 9.85. The van der Waals surface area contributed by atoms with Gasteiger partial charge in [-0.05, 0) is 59.8 Å². The first-order valence-corrected chi connectivity index (χ1v) is 11.1. The van der Waals surface area contributed by atoms with E-state index in [0.717, 1.165) is 29.2 Å². The van der Waals surface area contributed by atoms with Crippen molar-refractivity contribution in [3.05, 3.63) is 58.9 Å². The van der Waals surface area contributed by atoms with Crippen molar-refractivity contribution in [1.29, 1.82) is 5.41 Å². The Hall–Kier alpha value is -2.29. The summed E-state index contributed by atoms with van der Waals surface area (Å²) < 4.78 is 0. The lowest BCUT2D eigenvalue weighted by Gasteiger charge is -2.27. The number of nitrogens with zero attached hydrogens (tertiary/aromatic N) is 2. The van der Waals surface area contributed by atoms with Crippen LogP contribution < -0.4 is 0 Å². The topological polar surface area (TPSA) is 49.1 Å². The number of hydrogen-bond acceptors (Lipinski definition) is 3. The van der Waals surface area contributed by atoms with Crippen molar-refractivity contribution >= 4 is 17.1 Å². The molecule has 2 rings (SSSR count). The van der Waals surface area contributed by atoms with Gasteiger partial charge in [0.05, 0.1) is 28.5 Å². The second kappa shape index (κ2) is 9.68. The quantitative estimate of drug-likeness (QED) is 0.467. The summed E-state index contributed by atoms with van der Waals surface area (Å²) in [5, 5.41) is 8.58. The van der Waals surface area contributed by atoms with Gasteiger partial charge in [-0.2, -0.15) is 0 Å². The van der Waals surface area contributed by atoms with E-state index in [2.05, 4.69) is 73.6 Å². The van der Waals surface area contributed by atoms with Crippen LogP contribution >= 0.6 is 0 Å². The van der Waals surface area contributed by atoms with Crippen LogP contribution in [-0.4, -0.2) is 16.4 Å². The monoisotopic (exact) mass is 405 g/mol. The lowest BCUT2D eigenvalue weighted by atomic mass is 9.79. The first-order chi connectivity index (χ1) is 13.9. The first kappa shape index (κ1) is 24.0. The fourth-order valence-corrected chi connectivity index (χ4v) is 3.39. The number of para-hydroxylation sites is 1. The van der Waals surface area contributed by atoms with E-state index in [1.165, 1.54) is 11.1 Å². The van der Waals surface area contributed by atoms with Crippen molar-refractivity contribution in [3.63, 3.8) is 0 Å². The molecule has 162 valence electrons. The average Bonchev–Trinajstić information content (AvgIpc) is 2.66. The summed E-state index contributed by atoms with van der Waals surface area (Å²) in [6.45, 7) is 19.8. The molecule has 1 atom stereocenters. The number of pyridine rings is 1. The number of nitrogens with one attached hydrogen (secondary N) is 1. The largest absolute Gasteiger partial charge is 0.303 e. The minimum absolute atomic E-state index is 0.176. The van der Waals surface area contributed by atoms with Crippen LogP contribution in [0.25, 0.3) is 0 Å². The van der Waals surface area contributed by atoms with Gasteiger partial charge in [0.25, 0.3) is 0 Å². The highest BCUT2D eigenvalue weighted by atomic mass is 14.8. The molecular formula is C27H39N3. The van der Waals surface area contributed by atoms with Crippen LogP contribution in [0.15, 0.2) is 41.4 Å². The third-order valence-corrected chi connectivity index (χ3v) is 6.04. The van der Waals surface area contributed by atoms with Gasteiger partial charge < -0.3 is 5.41 Å². The van der Waals surface area contributed by atoms with Crippen molar-refractivity contribution in [2.75, 3.05) is 0 Å². The number of aromatic nitrogens is 1. The fourth-order valence-electron chi connectivity index (χ4n) is 3.39. The van der Waals surface area contributed by atoms with Gasteiger partial charge in [-0.25, -0.2) is 4.98 Å². The number of benzene rings is 1. The third kappa shape index (κ3) is 5.87. The van der Waals surface area contributed by atoms with Crippen LogP contribution in [0.3, 0.4) is 0 Å². The molecule has 0 radical (unpaired) electrons. The summed E-state index contributed by atoms with van der Waals surface area (Å²) >= 11 is 0. The summed E-state index contributed by atoms with van der Waals surface area (Å²) in [6, 6.07) is 12.4. The second-order valence-corrected chi connectivity index (χ2v) is 10.1. The highest BCUT2D eigenvalue weighted by Gasteiger charge is 2.22. The molecule has 3 nitrogen and oxygen atoms in total. The molecule has 0 fully saturated rings. The number of hydrogen-bond donors (Lipinski definition) is 1. The van der Waals surface area contributed by atoms with E-state index in [4.69, 9.17) is 15.4 Å². The first-order valence-electron chi connectivity index (χ1n) is 11.1. The van der Waals surface area contributed by atoms with E-state index >= 15 is 0 Å². The van der Waals surface area contributed by atoms with Gasteiger partial charge in [0.15, 0.2) is 0 Å². The molecule has 1 N–H and O–H groups in total. The van der Waals surface area contributed by atoms with E-state index in [0.29, 0.717) is 23.5 Å². The molecule has 0 spiro atoms. The smallest absolute Gasteiger partial charge is 0.0849 e. The molecule has 0 amide bonds. The number of rotatable bonds is 7. The maximum atomic E-state index is 8.58. The predicted molar refractivity (Wildman–Crippen MR) is 131 cm³/mol. The molecular weight excluding hydrogens is 366 g/mol. The molecule has 0 aliphatic heterocycles. The number of aliphatic imine (C=N–C) groups is 1. The Morgan fingerprint density at radius 2 is 1.40 bits per heavy atom. The van der Waals surface area contributed by atoms with Gasteiger partial charge in [-0.1, -0.05) is 79.7 Å². The Morgan fingerprint density at radius 3 is 1.90 bits per heavy atom. The zero-order valence-electron chi connectivity index (χ0n) is 20.3. The van der Waals surface area contributed by atoms with Gasteiger partial charge in [0, 0.05) is 0 Å². The third-order valence-electron chi connectivity index (χ3n) is 6.04. The van der Waals surface area contributed by atoms with Crippen LogP contribution in [-0.2, 0) is 0 Å². The molecule has 0 aliphatic rings. The van der Waals surface area contributed by atoms with Crippen molar-refractivity contribution < 1.29 is 0 Å². The van der Waals surface area contributed by atoms with Gasteiger partial charge in [0.1, 0.15) is 0 Å². The molecule has 0 saturated heterocycles. The lowest BCUT2D eigenvalue weighted by Crippen LogP contribution is -2.21. The molecule has 0 unspecified atom stereocenters. The molecule has 1 aromatic carbocycles. The molecule has 0 aliphatic carbocycles. The van der Waals surface area contributed by atoms with Crippen molar-refractivity contribution in [3.8, 4) is 0 Å². The summed E-state index contributed by atoms with van der Waals surface area (Å²) in [7, 11) is 0. The van der Waals surface area contributed by atoms with Gasteiger partial charge in [-0.15, -0.1) is 0 Å². The minimum atomic E-state index is 0.176. The predicted octanol–water partition coefficient (Wildman–Crippen LogP) is 7.91. The van der Waals surface area contributed by atoms with E-state index in [-0.39, 0.29) is 5.41 Å². The second-order valence-electron chi connectivity index (χ2n) is 10.1. The Kier molecular flexibility index (Phi) is 7.74. The SMILES string of the molecule is CC(=Nc1c(C(C)C)cccc1C(C)C)c1cccc(C(=N)C[C@@H](C)C(C)(C)C)n1. The summed E-state index contributed by atoms with van der Waals surface area (Å²) in [5.74, 6) is 1.22. The van der Waals surface area contributed by atoms with E-state index in [1.807, 2.05) is 25.1 Å². The molecule has 2 aromatic rings. The zero-order chi connectivity index (χ0) is 22.6. The van der Waals surface area contributed by atoms with Crippen molar-refractivity contribution in [2.24, 2.45) is 16.3 Å². The summed E-state index contributed by atoms with van der Waals surface area (Å²) in [5.41, 5.74) is 6.86. The van der Waals surface area contributed by atoms with Crippen LogP contribution in [0.4, 0.5) is 5.69 Å². The molecule has 1 heterocycles. The van der Waals surface area contributed by atoms with E-state index in [1.54, 1.807) is 0 Å². The highest BCUT2D eigenvalue weighted by Crippen LogP contribution is 2.35. The van der Waals surface area contributed by atoms with Crippen molar-refractivity contribution in [1.82, 2.24) is 4.98 Å². The Labute approximate surface area is 183 Å². The molecule has 0 saturated carbocycles. The van der Waals surface area contributed by atoms with Crippen LogP contribution in [0, 0.1) is 16.7 Å². The van der Waals surface area contributed by atoms with E-state index < -0.39 is 0 Å². The zero-order valence-corrected chi connectivity index (χ0v) is 20.3. The van der Waals surface area contributed by atoms with Crippen molar-refractivity contribution in [2.45, 2.75) is 80.6 Å². The normalized spacial score (nSPS) is 13.8. The molecule has 30 heavy (non-hydrogen) atoms. The fraction of sp³-hybridized carbons (Fsp3) is 0.519. The maximum Gasteiger partial charge on any atom is 0.0849 e. The maximum absolute atomic E-state index is 8.58. The summed E-state index contributed by atoms with van der Waals surface area (Å²) in [6.07, 6.45) is 0.726. The lowest BCUT2D eigenvalue weighted by molar-refractivity contribution is 0.269. The van der Waals surface area contributed by atoms with Crippen LogP contribution in [0.1, 0.15) is 103 Å². The van der Waals surface area contributed by atoms with Crippen LogP contribution in [0.2, 0.25) is 0 Å². The highest BCUT2D eigenvalue weighted by molar-refractivity contribution is 6.01. The van der Waals surface area contributed by atoms with Gasteiger partial charge in [-0.3, -0.25) is 4.99 Å². The minimum Gasteiger partial charge on any atom is -0.303 e. The van der Waals surface area contributed by atoms with E-state index in [9.17, 15) is 0 Å². The van der Waals surface area contributed by atoms with Crippen LogP contribution in [0.5, 0.6) is 0 Å². The molecule has 3 heteroatoms.